The Bertz CT molecular complexity index is 514. The third-order valence-electron chi connectivity index (χ3n) is 2.47. The van der Waals surface area contributed by atoms with E-state index in [2.05, 4.69) is 9.97 Å². The number of nitrogens with one attached hydrogen (secondary N) is 1. The van der Waals surface area contributed by atoms with Gasteiger partial charge in [-0.3, -0.25) is 0 Å². The van der Waals surface area contributed by atoms with Crippen molar-refractivity contribution in [1.29, 1.82) is 0 Å². The fourth-order valence-corrected chi connectivity index (χ4v) is 1.53. The van der Waals surface area contributed by atoms with Gasteiger partial charge in [0.05, 0.1) is 17.4 Å². The Morgan fingerprint density at radius 1 is 1.47 bits per heavy atom. The average Bonchev–Trinajstić information content (AvgIpc) is 2.93. The number of carbonyl (C=O) groups is 1. The van der Waals surface area contributed by atoms with Crippen molar-refractivity contribution in [1.82, 2.24) is 9.97 Å². The van der Waals surface area contributed by atoms with Crippen LogP contribution in [0.1, 0.15) is 23.2 Å². The molecular weight excluding hydrogens is 192 g/mol. The molecular formula is C11H10N2O2. The number of para-hydroxylation sites is 1. The van der Waals surface area contributed by atoms with Gasteiger partial charge in [-0.2, -0.15) is 0 Å². The lowest BCUT2D eigenvalue weighted by molar-refractivity contribution is 0.0474. The maximum absolute atomic E-state index is 11.7. The minimum absolute atomic E-state index is 0.131. The molecule has 76 valence electrons. The monoisotopic (exact) mass is 202 g/mol. The molecule has 0 saturated heterocycles. The number of hydrogen-bond donors (Lipinski definition) is 1. The van der Waals surface area contributed by atoms with Gasteiger partial charge in [0.15, 0.2) is 0 Å². The first kappa shape index (κ1) is 8.47. The Kier molecular flexibility index (Phi) is 1.74. The summed E-state index contributed by atoms with van der Waals surface area (Å²) in [4.78, 5) is 18.8. The zero-order valence-electron chi connectivity index (χ0n) is 8.06. The zero-order chi connectivity index (χ0) is 10.3. The summed E-state index contributed by atoms with van der Waals surface area (Å²) in [6.45, 7) is 0. The normalized spacial score (nSPS) is 15.5. The van der Waals surface area contributed by atoms with E-state index in [9.17, 15) is 4.79 Å². The van der Waals surface area contributed by atoms with Crippen LogP contribution in [0.4, 0.5) is 0 Å². The molecule has 0 bridgehead atoms. The molecule has 1 N–H and O–H groups in total. The van der Waals surface area contributed by atoms with Crippen LogP contribution in [-0.4, -0.2) is 22.0 Å². The molecule has 3 rings (SSSR count). The Morgan fingerprint density at radius 2 is 2.33 bits per heavy atom. The third kappa shape index (κ3) is 1.48. The van der Waals surface area contributed by atoms with Crippen LogP contribution in [0.15, 0.2) is 24.5 Å². The molecule has 4 nitrogen and oxygen atoms in total. The summed E-state index contributed by atoms with van der Waals surface area (Å²) in [5, 5.41) is 0. The minimum Gasteiger partial charge on any atom is -0.459 e. The number of nitrogens with zero attached hydrogens (tertiary/aromatic N) is 1. The van der Waals surface area contributed by atoms with Crippen LogP contribution < -0.4 is 0 Å². The number of imidazole rings is 1. The zero-order valence-corrected chi connectivity index (χ0v) is 8.06. The summed E-state index contributed by atoms with van der Waals surface area (Å²) < 4.78 is 5.23. The molecule has 4 heteroatoms. The van der Waals surface area contributed by atoms with Crippen molar-refractivity contribution in [2.45, 2.75) is 18.9 Å². The van der Waals surface area contributed by atoms with Gasteiger partial charge >= 0.3 is 5.97 Å². The van der Waals surface area contributed by atoms with Gasteiger partial charge in [0, 0.05) is 0 Å². The van der Waals surface area contributed by atoms with Gasteiger partial charge in [-0.1, -0.05) is 6.07 Å². The number of hydrogen-bond acceptors (Lipinski definition) is 3. The predicted molar refractivity (Wildman–Crippen MR) is 54.5 cm³/mol. The quantitative estimate of drug-likeness (QED) is 0.756. The Balaban J connectivity index is 2.01. The molecule has 0 amide bonds. The predicted octanol–water partition coefficient (Wildman–Crippen LogP) is 1.88. The maximum Gasteiger partial charge on any atom is 0.340 e. The molecule has 2 aromatic rings. The van der Waals surface area contributed by atoms with E-state index in [0.717, 1.165) is 18.4 Å². The van der Waals surface area contributed by atoms with E-state index < -0.39 is 0 Å². The molecule has 0 aliphatic heterocycles. The standard InChI is InChI=1S/C11H10N2O2/c14-11(15-7-4-5-7)8-2-1-3-9-10(8)13-6-12-9/h1-3,6-7H,4-5H2,(H,12,13). The van der Waals surface area contributed by atoms with Crippen LogP contribution in [0, 0.1) is 0 Å². The van der Waals surface area contributed by atoms with Crippen molar-refractivity contribution in [3.63, 3.8) is 0 Å². The van der Waals surface area contributed by atoms with Gasteiger partial charge < -0.3 is 9.72 Å². The lowest BCUT2D eigenvalue weighted by Crippen LogP contribution is -2.07. The molecule has 1 fully saturated rings. The van der Waals surface area contributed by atoms with Crippen LogP contribution >= 0.6 is 0 Å². The molecule has 1 heterocycles. The number of benzene rings is 1. The number of H-pyrrole nitrogens is 1. The van der Waals surface area contributed by atoms with Crippen LogP contribution in [0.5, 0.6) is 0 Å². The van der Waals surface area contributed by atoms with Gasteiger partial charge in [0.2, 0.25) is 0 Å². The van der Waals surface area contributed by atoms with E-state index in [1.54, 1.807) is 12.4 Å². The van der Waals surface area contributed by atoms with Crippen molar-refractivity contribution in [2.75, 3.05) is 0 Å². The van der Waals surface area contributed by atoms with Crippen molar-refractivity contribution >= 4 is 17.0 Å². The second-order valence-electron chi connectivity index (χ2n) is 3.71. The van der Waals surface area contributed by atoms with Crippen molar-refractivity contribution in [2.24, 2.45) is 0 Å². The van der Waals surface area contributed by atoms with Crippen LogP contribution in [0.2, 0.25) is 0 Å². The summed E-state index contributed by atoms with van der Waals surface area (Å²) in [6, 6.07) is 5.45. The number of rotatable bonds is 2. The van der Waals surface area contributed by atoms with Crippen molar-refractivity contribution in [3.05, 3.63) is 30.1 Å². The van der Waals surface area contributed by atoms with E-state index in [1.165, 1.54) is 0 Å². The van der Waals surface area contributed by atoms with Gasteiger partial charge in [0.1, 0.15) is 11.6 Å². The number of aromatic amines is 1. The van der Waals surface area contributed by atoms with E-state index in [1.807, 2.05) is 12.1 Å². The van der Waals surface area contributed by atoms with Gasteiger partial charge in [0.25, 0.3) is 0 Å². The lowest BCUT2D eigenvalue weighted by Gasteiger charge is -2.02. The van der Waals surface area contributed by atoms with Gasteiger partial charge in [-0.25, -0.2) is 9.78 Å². The van der Waals surface area contributed by atoms with E-state index in [4.69, 9.17) is 4.74 Å². The second kappa shape index (κ2) is 3.08. The van der Waals surface area contributed by atoms with E-state index in [-0.39, 0.29) is 12.1 Å². The van der Waals surface area contributed by atoms with E-state index in [0.29, 0.717) is 11.1 Å². The first-order chi connectivity index (χ1) is 7.34. The number of aromatic nitrogens is 2. The Labute approximate surface area is 86.3 Å². The number of carbonyl (C=O) groups excluding carboxylic acids is 1. The first-order valence-electron chi connectivity index (χ1n) is 4.97. The summed E-state index contributed by atoms with van der Waals surface area (Å²) >= 11 is 0. The van der Waals surface area contributed by atoms with Gasteiger partial charge in [-0.05, 0) is 25.0 Å². The number of fused-ring (bicyclic) bond motifs is 1. The largest absolute Gasteiger partial charge is 0.459 e. The highest BCUT2D eigenvalue weighted by molar-refractivity contribution is 6.01. The van der Waals surface area contributed by atoms with Crippen molar-refractivity contribution in [3.8, 4) is 0 Å². The van der Waals surface area contributed by atoms with Crippen LogP contribution in [0.3, 0.4) is 0 Å². The highest BCUT2D eigenvalue weighted by atomic mass is 16.5. The lowest BCUT2D eigenvalue weighted by atomic mass is 10.2. The fourth-order valence-electron chi connectivity index (χ4n) is 1.53. The molecule has 0 spiro atoms. The highest BCUT2D eigenvalue weighted by Gasteiger charge is 2.27. The molecule has 1 aromatic carbocycles. The van der Waals surface area contributed by atoms with E-state index >= 15 is 0 Å². The first-order valence-corrected chi connectivity index (χ1v) is 4.97. The third-order valence-corrected chi connectivity index (χ3v) is 2.47. The van der Waals surface area contributed by atoms with Crippen LogP contribution in [-0.2, 0) is 4.74 Å². The van der Waals surface area contributed by atoms with Gasteiger partial charge in [-0.15, -0.1) is 0 Å². The van der Waals surface area contributed by atoms with Crippen LogP contribution in [0.25, 0.3) is 11.0 Å². The Hall–Kier alpha value is -1.84. The average molecular weight is 202 g/mol. The maximum atomic E-state index is 11.7. The molecule has 0 unspecified atom stereocenters. The minimum atomic E-state index is -0.268. The number of ether oxygens (including phenoxy) is 1. The molecule has 0 radical (unpaired) electrons. The highest BCUT2D eigenvalue weighted by Crippen LogP contribution is 2.26. The molecule has 0 atom stereocenters. The SMILES string of the molecule is O=C(OC1CC1)c1cccc2[nH]cnc12. The molecule has 15 heavy (non-hydrogen) atoms. The smallest absolute Gasteiger partial charge is 0.340 e. The Morgan fingerprint density at radius 3 is 3.13 bits per heavy atom. The molecule has 1 aromatic heterocycles. The number of esters is 1. The second-order valence-corrected chi connectivity index (χ2v) is 3.71. The fraction of sp³-hybridized carbons (Fsp3) is 0.273. The summed E-state index contributed by atoms with van der Waals surface area (Å²) in [6.07, 6.45) is 3.69. The molecule has 1 aliphatic rings. The molecule has 1 aliphatic carbocycles. The topological polar surface area (TPSA) is 55.0 Å². The summed E-state index contributed by atoms with van der Waals surface area (Å²) in [7, 11) is 0. The summed E-state index contributed by atoms with van der Waals surface area (Å²) in [5.41, 5.74) is 2.09. The summed E-state index contributed by atoms with van der Waals surface area (Å²) in [5.74, 6) is -0.268. The van der Waals surface area contributed by atoms with Crippen molar-refractivity contribution < 1.29 is 9.53 Å². The molecule has 1 saturated carbocycles.